The normalized spacial score (nSPS) is 11.8. The van der Waals surface area contributed by atoms with Gasteiger partial charge >= 0.3 is 0 Å². The summed E-state index contributed by atoms with van der Waals surface area (Å²) in [5, 5.41) is 0.336. The third-order valence-electron chi connectivity index (χ3n) is 1.83. The van der Waals surface area contributed by atoms with Crippen LogP contribution in [-0.4, -0.2) is 12.8 Å². The van der Waals surface area contributed by atoms with Crippen LogP contribution in [0.5, 0.6) is 0 Å². The van der Waals surface area contributed by atoms with Gasteiger partial charge in [-0.2, -0.15) is 8.78 Å². The Morgan fingerprint density at radius 2 is 2.14 bits per heavy atom. The highest BCUT2D eigenvalue weighted by Gasteiger charge is 2.29. The second kappa shape index (κ2) is 4.47. The first-order valence-electron chi connectivity index (χ1n) is 3.93. The number of hydrogen-bond acceptors (Lipinski definition) is 2. The first-order valence-corrected chi connectivity index (χ1v) is 5.53. The SMILES string of the molecule is CSc1ccc(C(F)(F)CN)cc1Cl. The number of alkyl halides is 2. The number of rotatable bonds is 3. The lowest BCUT2D eigenvalue weighted by Crippen LogP contribution is -2.24. The molecular formula is C9H10ClF2NS. The lowest BCUT2D eigenvalue weighted by molar-refractivity contribution is 0.00591. The van der Waals surface area contributed by atoms with Gasteiger partial charge in [0.25, 0.3) is 5.92 Å². The monoisotopic (exact) mass is 237 g/mol. The van der Waals surface area contributed by atoms with Gasteiger partial charge in [-0.3, -0.25) is 0 Å². The van der Waals surface area contributed by atoms with Gasteiger partial charge in [0.1, 0.15) is 0 Å². The summed E-state index contributed by atoms with van der Waals surface area (Å²) in [6.07, 6.45) is 1.84. The summed E-state index contributed by atoms with van der Waals surface area (Å²) in [7, 11) is 0. The van der Waals surface area contributed by atoms with Gasteiger partial charge in [-0.1, -0.05) is 17.7 Å². The van der Waals surface area contributed by atoms with E-state index < -0.39 is 12.5 Å². The molecule has 1 nitrogen and oxygen atoms in total. The zero-order chi connectivity index (χ0) is 10.8. The van der Waals surface area contributed by atoms with E-state index in [1.54, 1.807) is 6.07 Å². The molecule has 0 amide bonds. The van der Waals surface area contributed by atoms with E-state index in [4.69, 9.17) is 17.3 Å². The summed E-state index contributed by atoms with van der Waals surface area (Å²) in [6, 6.07) is 4.19. The molecule has 0 aliphatic rings. The lowest BCUT2D eigenvalue weighted by Gasteiger charge is -2.15. The minimum Gasteiger partial charge on any atom is -0.325 e. The maximum atomic E-state index is 13.1. The van der Waals surface area contributed by atoms with Crippen LogP contribution in [0.1, 0.15) is 5.56 Å². The molecule has 2 N–H and O–H groups in total. The molecule has 0 unspecified atom stereocenters. The Balaban J connectivity index is 3.08. The topological polar surface area (TPSA) is 26.0 Å². The Kier molecular flexibility index (Phi) is 3.75. The standard InChI is InChI=1S/C9H10ClF2NS/c1-14-8-3-2-6(4-7(8)10)9(11,12)5-13/h2-4H,5,13H2,1H3. The molecule has 5 heteroatoms. The summed E-state index contributed by atoms with van der Waals surface area (Å²) in [6.45, 7) is -0.706. The van der Waals surface area contributed by atoms with Crippen molar-refractivity contribution in [1.82, 2.24) is 0 Å². The van der Waals surface area contributed by atoms with Gasteiger partial charge in [0.05, 0.1) is 11.6 Å². The number of halogens is 3. The molecule has 0 saturated heterocycles. The second-order valence-electron chi connectivity index (χ2n) is 2.76. The largest absolute Gasteiger partial charge is 0.325 e. The molecule has 0 radical (unpaired) electrons. The van der Waals surface area contributed by atoms with Crippen LogP contribution in [-0.2, 0) is 5.92 Å². The highest BCUT2D eigenvalue weighted by Crippen LogP contribution is 2.32. The van der Waals surface area contributed by atoms with E-state index in [-0.39, 0.29) is 5.56 Å². The number of thioether (sulfide) groups is 1. The van der Waals surface area contributed by atoms with Crippen LogP contribution in [0.3, 0.4) is 0 Å². The molecule has 1 aromatic carbocycles. The van der Waals surface area contributed by atoms with E-state index in [0.29, 0.717) is 5.02 Å². The van der Waals surface area contributed by atoms with Crippen LogP contribution in [0.15, 0.2) is 23.1 Å². The smallest absolute Gasteiger partial charge is 0.285 e. The van der Waals surface area contributed by atoms with Crippen LogP contribution >= 0.6 is 23.4 Å². The molecule has 0 bridgehead atoms. The first-order chi connectivity index (χ1) is 6.51. The van der Waals surface area contributed by atoms with Crippen molar-refractivity contribution in [2.24, 2.45) is 5.73 Å². The van der Waals surface area contributed by atoms with Gasteiger partial charge < -0.3 is 5.73 Å². The van der Waals surface area contributed by atoms with Gasteiger partial charge in [-0.15, -0.1) is 11.8 Å². The van der Waals surface area contributed by atoms with Crippen molar-refractivity contribution >= 4 is 23.4 Å². The Morgan fingerprint density at radius 1 is 1.50 bits per heavy atom. The number of nitrogens with two attached hydrogens (primary N) is 1. The molecule has 0 atom stereocenters. The molecule has 0 spiro atoms. The maximum absolute atomic E-state index is 13.1. The number of benzene rings is 1. The molecule has 0 aliphatic carbocycles. The van der Waals surface area contributed by atoms with Crippen LogP contribution < -0.4 is 5.73 Å². The minimum absolute atomic E-state index is 0.136. The summed E-state index contributed by atoms with van der Waals surface area (Å²) in [5.74, 6) is -3.00. The molecule has 0 saturated carbocycles. The Labute approximate surface area is 90.6 Å². The quantitative estimate of drug-likeness (QED) is 0.818. The summed E-state index contributed by atoms with van der Waals surface area (Å²) in [5.41, 5.74) is 4.82. The highest BCUT2D eigenvalue weighted by molar-refractivity contribution is 7.98. The van der Waals surface area contributed by atoms with Crippen LogP contribution in [0.25, 0.3) is 0 Å². The Hall–Kier alpha value is -0.320. The second-order valence-corrected chi connectivity index (χ2v) is 4.01. The van der Waals surface area contributed by atoms with E-state index in [9.17, 15) is 8.78 Å². The van der Waals surface area contributed by atoms with Crippen molar-refractivity contribution in [1.29, 1.82) is 0 Å². The van der Waals surface area contributed by atoms with Gasteiger partial charge in [-0.05, 0) is 18.4 Å². The lowest BCUT2D eigenvalue weighted by atomic mass is 10.1. The van der Waals surface area contributed by atoms with Crippen molar-refractivity contribution in [2.75, 3.05) is 12.8 Å². The van der Waals surface area contributed by atoms with Gasteiger partial charge in [0.15, 0.2) is 0 Å². The average molecular weight is 238 g/mol. The third-order valence-corrected chi connectivity index (χ3v) is 3.05. The Bertz CT molecular complexity index is 331. The van der Waals surface area contributed by atoms with Crippen molar-refractivity contribution in [3.8, 4) is 0 Å². The van der Waals surface area contributed by atoms with E-state index >= 15 is 0 Å². The summed E-state index contributed by atoms with van der Waals surface area (Å²) >= 11 is 7.21. The first kappa shape index (κ1) is 11.8. The van der Waals surface area contributed by atoms with Gasteiger partial charge in [0, 0.05) is 10.5 Å². The zero-order valence-corrected chi connectivity index (χ0v) is 9.13. The molecule has 1 aromatic rings. The highest BCUT2D eigenvalue weighted by atomic mass is 35.5. The molecule has 0 aliphatic heterocycles. The van der Waals surface area contributed by atoms with Crippen LogP contribution in [0, 0.1) is 0 Å². The van der Waals surface area contributed by atoms with Crippen molar-refractivity contribution in [3.05, 3.63) is 28.8 Å². The van der Waals surface area contributed by atoms with E-state index in [2.05, 4.69) is 0 Å². The van der Waals surface area contributed by atoms with Crippen LogP contribution in [0.2, 0.25) is 5.02 Å². The fraction of sp³-hybridized carbons (Fsp3) is 0.333. The molecule has 0 aromatic heterocycles. The molecule has 78 valence electrons. The van der Waals surface area contributed by atoms with Crippen molar-refractivity contribution < 1.29 is 8.78 Å². The Morgan fingerprint density at radius 3 is 2.57 bits per heavy atom. The zero-order valence-electron chi connectivity index (χ0n) is 7.56. The number of hydrogen-bond donors (Lipinski definition) is 1. The van der Waals surface area contributed by atoms with Gasteiger partial charge in [-0.25, -0.2) is 0 Å². The van der Waals surface area contributed by atoms with E-state index in [1.807, 2.05) is 6.26 Å². The fourth-order valence-electron chi connectivity index (χ4n) is 1.01. The van der Waals surface area contributed by atoms with E-state index in [0.717, 1.165) is 4.90 Å². The molecule has 1 rings (SSSR count). The molecule has 0 heterocycles. The fourth-order valence-corrected chi connectivity index (χ4v) is 1.88. The maximum Gasteiger partial charge on any atom is 0.285 e. The van der Waals surface area contributed by atoms with Crippen molar-refractivity contribution in [3.63, 3.8) is 0 Å². The van der Waals surface area contributed by atoms with Crippen LogP contribution in [0.4, 0.5) is 8.78 Å². The summed E-state index contributed by atoms with van der Waals surface area (Å²) < 4.78 is 26.2. The summed E-state index contributed by atoms with van der Waals surface area (Å²) in [4.78, 5) is 0.781. The van der Waals surface area contributed by atoms with E-state index in [1.165, 1.54) is 23.9 Å². The average Bonchev–Trinajstić information content (AvgIpc) is 2.17. The minimum atomic E-state index is -3.00. The van der Waals surface area contributed by atoms with Gasteiger partial charge in [0.2, 0.25) is 0 Å². The third kappa shape index (κ3) is 2.38. The molecule has 14 heavy (non-hydrogen) atoms. The predicted molar refractivity (Wildman–Crippen MR) is 56.2 cm³/mol. The van der Waals surface area contributed by atoms with Crippen molar-refractivity contribution in [2.45, 2.75) is 10.8 Å². The predicted octanol–water partition coefficient (Wildman–Crippen LogP) is 3.11. The molecular weight excluding hydrogens is 228 g/mol. The molecule has 0 fully saturated rings.